The number of rotatable bonds is 5. The molecule has 2 aromatic heterocycles. The Hall–Kier alpha value is -3.12. The molecule has 0 fully saturated rings. The van der Waals surface area contributed by atoms with E-state index in [-0.39, 0.29) is 5.56 Å². The summed E-state index contributed by atoms with van der Waals surface area (Å²) in [6, 6.07) is 19.2. The van der Waals surface area contributed by atoms with Crippen molar-refractivity contribution in [2.24, 2.45) is 0 Å². The highest BCUT2D eigenvalue weighted by atomic mass is 32.2. The molecule has 0 saturated heterocycles. The molecule has 4 aromatic rings. The highest BCUT2D eigenvalue weighted by molar-refractivity contribution is 7.98. The number of aromatic nitrogens is 3. The Balaban J connectivity index is 1.55. The number of benzene rings is 2. The molecule has 0 saturated carbocycles. The van der Waals surface area contributed by atoms with Crippen LogP contribution in [0.1, 0.15) is 17.0 Å². The number of oxazole rings is 1. The van der Waals surface area contributed by atoms with Crippen LogP contribution in [0.25, 0.3) is 22.7 Å². The second-order valence-corrected chi connectivity index (χ2v) is 7.45. The zero-order valence-electron chi connectivity index (χ0n) is 15.6. The lowest BCUT2D eigenvalue weighted by molar-refractivity contribution is 0.540. The van der Waals surface area contributed by atoms with Gasteiger partial charge in [0.25, 0.3) is 5.56 Å². The van der Waals surface area contributed by atoms with Gasteiger partial charge in [-0.1, -0.05) is 59.8 Å². The van der Waals surface area contributed by atoms with Crippen LogP contribution in [-0.4, -0.2) is 15.0 Å². The number of H-pyrrole nitrogens is 1. The van der Waals surface area contributed by atoms with E-state index < -0.39 is 0 Å². The van der Waals surface area contributed by atoms with Crippen molar-refractivity contribution < 1.29 is 4.42 Å². The van der Waals surface area contributed by atoms with Crippen LogP contribution < -0.4 is 5.56 Å². The molecule has 6 heteroatoms. The van der Waals surface area contributed by atoms with E-state index in [1.54, 1.807) is 0 Å². The molecule has 0 amide bonds. The van der Waals surface area contributed by atoms with Crippen molar-refractivity contribution in [3.05, 3.63) is 88.0 Å². The minimum absolute atomic E-state index is 0.173. The number of hydrogen-bond donors (Lipinski definition) is 1. The van der Waals surface area contributed by atoms with Gasteiger partial charge in [0.1, 0.15) is 5.76 Å². The first-order chi connectivity index (χ1) is 13.6. The van der Waals surface area contributed by atoms with Gasteiger partial charge in [-0.3, -0.25) is 4.79 Å². The minimum Gasteiger partial charge on any atom is -0.441 e. The van der Waals surface area contributed by atoms with E-state index in [1.807, 2.05) is 68.4 Å². The third-order valence-electron chi connectivity index (χ3n) is 4.29. The Morgan fingerprint density at radius 3 is 2.54 bits per heavy atom. The predicted molar refractivity (Wildman–Crippen MR) is 111 cm³/mol. The Kier molecular flexibility index (Phi) is 5.12. The van der Waals surface area contributed by atoms with Gasteiger partial charge in [0.05, 0.1) is 11.4 Å². The van der Waals surface area contributed by atoms with Crippen LogP contribution in [0.4, 0.5) is 0 Å². The van der Waals surface area contributed by atoms with Crippen LogP contribution in [0.2, 0.25) is 0 Å². The second-order valence-electron chi connectivity index (χ2n) is 6.48. The number of nitrogens with one attached hydrogen (secondary N) is 1. The summed E-state index contributed by atoms with van der Waals surface area (Å²) in [7, 11) is 0. The number of nitrogens with zero attached hydrogens (tertiary/aromatic N) is 2. The number of thioether (sulfide) groups is 1. The van der Waals surface area contributed by atoms with Crippen molar-refractivity contribution in [2.45, 2.75) is 24.8 Å². The largest absolute Gasteiger partial charge is 0.441 e. The monoisotopic (exact) mass is 389 g/mol. The SMILES string of the molecule is Cc1cccc(-c2nc(CSc3nc(-c4ccccc4)cc(=O)[nH]3)c(C)o2)c1. The topological polar surface area (TPSA) is 71.8 Å². The first-order valence-electron chi connectivity index (χ1n) is 8.91. The zero-order chi connectivity index (χ0) is 19.5. The summed E-state index contributed by atoms with van der Waals surface area (Å²) in [4.78, 5) is 24.0. The summed E-state index contributed by atoms with van der Waals surface area (Å²) in [5.41, 5.74) is 4.35. The molecule has 0 atom stereocenters. The van der Waals surface area contributed by atoms with E-state index in [1.165, 1.54) is 17.8 Å². The average Bonchev–Trinajstić information content (AvgIpc) is 3.07. The fourth-order valence-corrected chi connectivity index (χ4v) is 3.74. The maximum atomic E-state index is 12.0. The van der Waals surface area contributed by atoms with E-state index in [0.29, 0.717) is 22.5 Å². The first kappa shape index (κ1) is 18.3. The smallest absolute Gasteiger partial charge is 0.252 e. The highest BCUT2D eigenvalue weighted by Gasteiger charge is 2.13. The number of hydrogen-bond acceptors (Lipinski definition) is 5. The first-order valence-corrected chi connectivity index (χ1v) is 9.90. The molecule has 0 aliphatic rings. The molecule has 28 heavy (non-hydrogen) atoms. The molecule has 0 radical (unpaired) electrons. The lowest BCUT2D eigenvalue weighted by atomic mass is 10.1. The molecular weight excluding hydrogens is 370 g/mol. The Morgan fingerprint density at radius 2 is 1.75 bits per heavy atom. The standard InChI is InChI=1S/C22H19N3O2S/c1-14-7-6-10-17(11-14)21-23-19(15(2)27-21)13-28-22-24-18(12-20(26)25-22)16-8-4-3-5-9-16/h3-12H,13H2,1-2H3,(H,24,25,26). The molecule has 0 unspecified atom stereocenters. The Morgan fingerprint density at radius 1 is 0.964 bits per heavy atom. The lowest BCUT2D eigenvalue weighted by Crippen LogP contribution is -2.08. The van der Waals surface area contributed by atoms with Crippen molar-refractivity contribution in [2.75, 3.05) is 0 Å². The fraction of sp³-hybridized carbons (Fsp3) is 0.136. The van der Waals surface area contributed by atoms with E-state index in [4.69, 9.17) is 4.42 Å². The van der Waals surface area contributed by atoms with Crippen molar-refractivity contribution in [3.8, 4) is 22.7 Å². The van der Waals surface area contributed by atoms with E-state index in [0.717, 1.165) is 28.1 Å². The van der Waals surface area contributed by atoms with Gasteiger partial charge in [-0.15, -0.1) is 0 Å². The zero-order valence-corrected chi connectivity index (χ0v) is 16.4. The molecule has 0 bridgehead atoms. The quantitative estimate of drug-likeness (QED) is 0.384. The predicted octanol–water partition coefficient (Wildman–Crippen LogP) is 5.00. The normalized spacial score (nSPS) is 10.9. The van der Waals surface area contributed by atoms with Gasteiger partial charge < -0.3 is 9.40 Å². The summed E-state index contributed by atoms with van der Waals surface area (Å²) >= 11 is 1.43. The molecule has 2 aromatic carbocycles. The van der Waals surface area contributed by atoms with Crippen LogP contribution in [0.15, 0.2) is 75.0 Å². The van der Waals surface area contributed by atoms with Gasteiger partial charge in [0, 0.05) is 22.9 Å². The van der Waals surface area contributed by atoms with Crippen LogP contribution in [0, 0.1) is 13.8 Å². The highest BCUT2D eigenvalue weighted by Crippen LogP contribution is 2.27. The summed E-state index contributed by atoms with van der Waals surface area (Å²) < 4.78 is 5.84. The van der Waals surface area contributed by atoms with Gasteiger partial charge in [0.15, 0.2) is 5.16 Å². The summed E-state index contributed by atoms with van der Waals surface area (Å²) in [5.74, 6) is 1.93. The summed E-state index contributed by atoms with van der Waals surface area (Å²) in [6.45, 7) is 3.94. The van der Waals surface area contributed by atoms with Gasteiger partial charge >= 0.3 is 0 Å². The van der Waals surface area contributed by atoms with Crippen molar-refractivity contribution >= 4 is 11.8 Å². The van der Waals surface area contributed by atoms with Crippen molar-refractivity contribution in [1.82, 2.24) is 15.0 Å². The third-order valence-corrected chi connectivity index (χ3v) is 5.18. The molecule has 0 aliphatic heterocycles. The Bertz CT molecular complexity index is 1170. The average molecular weight is 389 g/mol. The van der Waals surface area contributed by atoms with Gasteiger partial charge in [-0.2, -0.15) is 0 Å². The maximum absolute atomic E-state index is 12.0. The molecule has 140 valence electrons. The molecule has 2 heterocycles. The van der Waals surface area contributed by atoms with Gasteiger partial charge in [-0.05, 0) is 26.0 Å². The van der Waals surface area contributed by atoms with E-state index in [2.05, 4.69) is 15.0 Å². The molecule has 4 rings (SSSR count). The van der Waals surface area contributed by atoms with E-state index >= 15 is 0 Å². The minimum atomic E-state index is -0.173. The van der Waals surface area contributed by atoms with Crippen LogP contribution in [0.3, 0.4) is 0 Å². The lowest BCUT2D eigenvalue weighted by Gasteiger charge is -2.03. The van der Waals surface area contributed by atoms with Gasteiger partial charge in [-0.25, -0.2) is 9.97 Å². The molecule has 0 aliphatic carbocycles. The van der Waals surface area contributed by atoms with Crippen molar-refractivity contribution in [1.29, 1.82) is 0 Å². The second kappa shape index (κ2) is 7.86. The number of aryl methyl sites for hydroxylation is 2. The number of aromatic amines is 1. The maximum Gasteiger partial charge on any atom is 0.252 e. The summed E-state index contributed by atoms with van der Waals surface area (Å²) in [5, 5.41) is 0.561. The molecule has 5 nitrogen and oxygen atoms in total. The Labute approximate surface area is 166 Å². The van der Waals surface area contributed by atoms with E-state index in [9.17, 15) is 4.79 Å². The molecule has 0 spiro atoms. The fourth-order valence-electron chi connectivity index (χ4n) is 2.86. The molecule has 1 N–H and O–H groups in total. The summed E-state index contributed by atoms with van der Waals surface area (Å²) in [6.07, 6.45) is 0. The van der Waals surface area contributed by atoms with Gasteiger partial charge in [0.2, 0.25) is 5.89 Å². The van der Waals surface area contributed by atoms with Crippen LogP contribution in [-0.2, 0) is 5.75 Å². The third kappa shape index (κ3) is 4.07. The van der Waals surface area contributed by atoms with Crippen LogP contribution >= 0.6 is 11.8 Å². The van der Waals surface area contributed by atoms with Crippen LogP contribution in [0.5, 0.6) is 0 Å². The molecular formula is C22H19N3O2S. The van der Waals surface area contributed by atoms with Crippen molar-refractivity contribution in [3.63, 3.8) is 0 Å².